The second-order valence-corrected chi connectivity index (χ2v) is 11.0. The van der Waals surface area contributed by atoms with Gasteiger partial charge >= 0.3 is 6.09 Å². The molecule has 2 aliphatic rings. The van der Waals surface area contributed by atoms with E-state index < -0.39 is 23.7 Å². The number of aliphatic hydroxyl groups is 2. The van der Waals surface area contributed by atoms with Gasteiger partial charge in [0.1, 0.15) is 11.9 Å². The minimum Gasteiger partial charge on any atom is -0.497 e. The predicted octanol–water partition coefficient (Wildman–Crippen LogP) is 3.39. The van der Waals surface area contributed by atoms with Crippen molar-refractivity contribution in [2.24, 2.45) is 22.7 Å². The molecular formula is C27H42N2O6. The lowest BCUT2D eigenvalue weighted by molar-refractivity contribution is -0.186. The lowest BCUT2D eigenvalue weighted by atomic mass is 9.46. The van der Waals surface area contributed by atoms with Crippen molar-refractivity contribution in [2.45, 2.75) is 84.6 Å². The quantitative estimate of drug-likeness (QED) is 0.444. The Morgan fingerprint density at radius 2 is 1.83 bits per heavy atom. The summed E-state index contributed by atoms with van der Waals surface area (Å²) >= 11 is 0. The average Bonchev–Trinajstić information content (AvgIpc) is 2.82. The number of hydrogen-bond acceptors (Lipinski definition) is 6. The van der Waals surface area contributed by atoms with Gasteiger partial charge in [-0.1, -0.05) is 26.0 Å². The van der Waals surface area contributed by atoms with Gasteiger partial charge in [0, 0.05) is 24.4 Å². The number of amides is 2. The van der Waals surface area contributed by atoms with E-state index in [1.54, 1.807) is 7.11 Å². The molecule has 8 nitrogen and oxygen atoms in total. The summed E-state index contributed by atoms with van der Waals surface area (Å²) < 4.78 is 11.0. The molecule has 0 bridgehead atoms. The molecule has 4 N–H and O–H groups in total. The van der Waals surface area contributed by atoms with Crippen molar-refractivity contribution in [3.05, 3.63) is 29.8 Å². The predicted molar refractivity (Wildman–Crippen MR) is 133 cm³/mol. The van der Waals surface area contributed by atoms with Crippen molar-refractivity contribution in [3.63, 3.8) is 0 Å². The Labute approximate surface area is 208 Å². The molecule has 0 saturated heterocycles. The molecule has 6 atom stereocenters. The first-order valence-corrected chi connectivity index (χ1v) is 12.7. The Morgan fingerprint density at radius 1 is 1.14 bits per heavy atom. The largest absolute Gasteiger partial charge is 0.497 e. The summed E-state index contributed by atoms with van der Waals surface area (Å²) in [7, 11) is 1.61. The van der Waals surface area contributed by atoms with E-state index in [1.807, 2.05) is 45.0 Å². The van der Waals surface area contributed by atoms with Crippen molar-refractivity contribution in [3.8, 4) is 5.75 Å². The van der Waals surface area contributed by atoms with Crippen LogP contribution in [0.4, 0.5) is 4.79 Å². The van der Waals surface area contributed by atoms with Gasteiger partial charge < -0.3 is 30.3 Å². The van der Waals surface area contributed by atoms with Crippen molar-refractivity contribution >= 4 is 12.0 Å². The molecule has 35 heavy (non-hydrogen) atoms. The second-order valence-electron chi connectivity index (χ2n) is 11.0. The highest BCUT2D eigenvalue weighted by atomic mass is 16.6. The van der Waals surface area contributed by atoms with Gasteiger partial charge in [0.05, 0.1) is 19.8 Å². The SMILES string of the molecule is COc1ccc(CNC(=O)CC2C(O)CCC3C(C)(CO)C(OC(=O)NC(C)C)CCC23C)cc1. The summed E-state index contributed by atoms with van der Waals surface area (Å²) in [4.78, 5) is 25.3. The Morgan fingerprint density at radius 3 is 2.43 bits per heavy atom. The van der Waals surface area contributed by atoms with Crippen LogP contribution in [0.1, 0.15) is 65.4 Å². The molecule has 0 heterocycles. The van der Waals surface area contributed by atoms with E-state index in [-0.39, 0.29) is 42.2 Å². The molecule has 2 amide bonds. The molecule has 3 rings (SSSR count). The van der Waals surface area contributed by atoms with E-state index >= 15 is 0 Å². The number of fused-ring (bicyclic) bond motifs is 1. The average molecular weight is 491 g/mol. The van der Waals surface area contributed by atoms with Crippen molar-refractivity contribution in [2.75, 3.05) is 13.7 Å². The van der Waals surface area contributed by atoms with Crippen LogP contribution in [-0.2, 0) is 16.1 Å². The van der Waals surface area contributed by atoms with Crippen LogP contribution in [0.5, 0.6) is 5.75 Å². The Hall–Kier alpha value is -2.32. The fraction of sp³-hybridized carbons (Fsp3) is 0.704. The van der Waals surface area contributed by atoms with Gasteiger partial charge in [-0.15, -0.1) is 0 Å². The first-order chi connectivity index (χ1) is 16.5. The molecule has 2 aliphatic carbocycles. The molecule has 2 fully saturated rings. The fourth-order valence-corrected chi connectivity index (χ4v) is 6.39. The molecule has 196 valence electrons. The summed E-state index contributed by atoms with van der Waals surface area (Å²) in [5, 5.41) is 27.2. The number of hydrogen-bond donors (Lipinski definition) is 4. The van der Waals surface area contributed by atoms with Gasteiger partial charge in [0.25, 0.3) is 0 Å². The third kappa shape index (κ3) is 5.92. The minimum absolute atomic E-state index is 0.00777. The smallest absolute Gasteiger partial charge is 0.407 e. The van der Waals surface area contributed by atoms with E-state index in [9.17, 15) is 19.8 Å². The third-order valence-corrected chi connectivity index (χ3v) is 8.39. The normalized spacial score (nSPS) is 32.5. The van der Waals surface area contributed by atoms with Crippen LogP contribution in [0, 0.1) is 22.7 Å². The molecule has 2 saturated carbocycles. The molecule has 0 radical (unpaired) electrons. The zero-order valence-electron chi connectivity index (χ0n) is 21.7. The highest BCUT2D eigenvalue weighted by Crippen LogP contribution is 2.61. The van der Waals surface area contributed by atoms with Gasteiger partial charge in [-0.3, -0.25) is 4.79 Å². The number of nitrogens with one attached hydrogen (secondary N) is 2. The van der Waals surface area contributed by atoms with Crippen LogP contribution in [0.25, 0.3) is 0 Å². The van der Waals surface area contributed by atoms with Gasteiger partial charge in [0.2, 0.25) is 5.91 Å². The maximum atomic E-state index is 12.9. The molecule has 1 aromatic carbocycles. The number of ether oxygens (including phenoxy) is 2. The number of methoxy groups -OCH3 is 1. The fourth-order valence-electron chi connectivity index (χ4n) is 6.39. The van der Waals surface area contributed by atoms with Gasteiger partial charge in [-0.2, -0.15) is 0 Å². The van der Waals surface area contributed by atoms with Crippen LogP contribution in [0.2, 0.25) is 0 Å². The van der Waals surface area contributed by atoms with Crippen LogP contribution in [0.3, 0.4) is 0 Å². The lowest BCUT2D eigenvalue weighted by Crippen LogP contribution is -2.61. The monoisotopic (exact) mass is 490 g/mol. The Kier molecular flexibility index (Phi) is 8.70. The van der Waals surface area contributed by atoms with E-state index in [0.717, 1.165) is 11.3 Å². The minimum atomic E-state index is -0.653. The molecule has 0 aliphatic heterocycles. The number of alkyl carbamates (subject to hydrolysis) is 1. The zero-order chi connectivity index (χ0) is 25.8. The van der Waals surface area contributed by atoms with E-state index in [4.69, 9.17) is 9.47 Å². The summed E-state index contributed by atoms with van der Waals surface area (Å²) in [6, 6.07) is 7.50. The summed E-state index contributed by atoms with van der Waals surface area (Å²) in [5.41, 5.74) is -0.0436. The Bertz CT molecular complexity index is 875. The van der Waals surface area contributed by atoms with Crippen LogP contribution < -0.4 is 15.4 Å². The van der Waals surface area contributed by atoms with E-state index in [1.165, 1.54) is 0 Å². The first kappa shape index (κ1) is 27.3. The third-order valence-electron chi connectivity index (χ3n) is 8.39. The van der Waals surface area contributed by atoms with Crippen molar-refractivity contribution in [1.82, 2.24) is 10.6 Å². The molecule has 8 heteroatoms. The maximum Gasteiger partial charge on any atom is 0.407 e. The van der Waals surface area contributed by atoms with Gasteiger partial charge in [-0.05, 0) is 74.5 Å². The molecule has 0 spiro atoms. The second kappa shape index (κ2) is 11.2. The molecule has 6 unspecified atom stereocenters. The van der Waals surface area contributed by atoms with Crippen molar-refractivity contribution in [1.29, 1.82) is 0 Å². The summed E-state index contributed by atoms with van der Waals surface area (Å²) in [5.74, 6) is 0.423. The van der Waals surface area contributed by atoms with Crippen LogP contribution >= 0.6 is 0 Å². The molecule has 0 aromatic heterocycles. The van der Waals surface area contributed by atoms with Crippen LogP contribution in [0.15, 0.2) is 24.3 Å². The van der Waals surface area contributed by atoms with E-state index in [0.29, 0.717) is 32.2 Å². The Balaban J connectivity index is 1.70. The highest BCUT2D eigenvalue weighted by molar-refractivity contribution is 5.76. The lowest BCUT2D eigenvalue weighted by Gasteiger charge is -2.60. The standard InChI is InChI=1S/C27H42N2O6/c1-17(2)29-25(33)35-23-12-13-26(3)20(21(31)10-11-22(26)27(23,4)16-30)14-24(32)28-15-18-6-8-19(34-5)9-7-18/h6-9,17,20-23,30-31H,10-16H2,1-5H3,(H,28,32)(H,29,33). The van der Waals surface area contributed by atoms with E-state index in [2.05, 4.69) is 17.6 Å². The molecule has 1 aromatic rings. The van der Waals surface area contributed by atoms with Crippen molar-refractivity contribution < 1.29 is 29.3 Å². The first-order valence-electron chi connectivity index (χ1n) is 12.7. The topological polar surface area (TPSA) is 117 Å². The maximum absolute atomic E-state index is 12.9. The number of benzene rings is 1. The molecular weight excluding hydrogens is 448 g/mol. The van der Waals surface area contributed by atoms with Crippen LogP contribution in [-0.4, -0.2) is 54.2 Å². The summed E-state index contributed by atoms with van der Waals surface area (Å²) in [6.45, 7) is 8.12. The zero-order valence-corrected chi connectivity index (χ0v) is 21.7. The highest BCUT2D eigenvalue weighted by Gasteiger charge is 2.60. The number of aliphatic hydroxyl groups excluding tert-OH is 2. The number of carbonyl (C=O) groups is 2. The summed E-state index contributed by atoms with van der Waals surface area (Å²) in [6.07, 6.45) is 1.27. The number of carbonyl (C=O) groups excluding carboxylic acids is 2. The number of rotatable bonds is 8. The van der Waals surface area contributed by atoms with Gasteiger partial charge in [-0.25, -0.2) is 4.79 Å². The van der Waals surface area contributed by atoms with Gasteiger partial charge in [0.15, 0.2) is 0 Å².